The number of methoxy groups -OCH3 is 1. The molecule has 3 heteroatoms. The summed E-state index contributed by atoms with van der Waals surface area (Å²) < 4.78 is 7.22. The van der Waals surface area contributed by atoms with E-state index >= 15 is 0 Å². The Morgan fingerprint density at radius 2 is 1.25 bits per heavy atom. The standard InChI is InChI=1S/C25H21NO2/c1-18-22(19-12-6-3-7-13-19)24(25(27)28-2)26(21-16-10-5-11-17-21)23(18)20-14-8-4-9-15-20/h3-17H,1-2H3. The fraction of sp³-hybridized carbons (Fsp3) is 0.0800. The van der Waals surface area contributed by atoms with Gasteiger partial charge >= 0.3 is 5.97 Å². The maximum atomic E-state index is 13.0. The minimum Gasteiger partial charge on any atom is -0.464 e. The molecule has 1 heterocycles. The van der Waals surface area contributed by atoms with Crippen LogP contribution in [-0.2, 0) is 4.74 Å². The van der Waals surface area contributed by atoms with Crippen LogP contribution in [0.3, 0.4) is 0 Å². The van der Waals surface area contributed by atoms with Crippen molar-refractivity contribution in [1.82, 2.24) is 4.57 Å². The molecule has 28 heavy (non-hydrogen) atoms. The molecule has 3 nitrogen and oxygen atoms in total. The van der Waals surface area contributed by atoms with E-state index in [1.807, 2.05) is 83.4 Å². The summed E-state index contributed by atoms with van der Waals surface area (Å²) in [5.74, 6) is -0.354. The number of rotatable bonds is 4. The van der Waals surface area contributed by atoms with Crippen LogP contribution in [0.5, 0.6) is 0 Å². The molecule has 4 aromatic rings. The fourth-order valence-electron chi connectivity index (χ4n) is 3.71. The van der Waals surface area contributed by atoms with Gasteiger partial charge in [0.2, 0.25) is 0 Å². The minimum absolute atomic E-state index is 0.354. The normalized spacial score (nSPS) is 10.6. The third kappa shape index (κ3) is 3.01. The molecule has 0 atom stereocenters. The summed E-state index contributed by atoms with van der Waals surface area (Å²) in [5, 5.41) is 0. The van der Waals surface area contributed by atoms with Crippen molar-refractivity contribution in [2.75, 3.05) is 7.11 Å². The van der Waals surface area contributed by atoms with Gasteiger partial charge in [0.25, 0.3) is 0 Å². The van der Waals surface area contributed by atoms with E-state index in [1.165, 1.54) is 7.11 Å². The van der Waals surface area contributed by atoms with Crippen molar-refractivity contribution in [3.63, 3.8) is 0 Å². The summed E-state index contributed by atoms with van der Waals surface area (Å²) in [6.07, 6.45) is 0. The highest BCUT2D eigenvalue weighted by atomic mass is 16.5. The monoisotopic (exact) mass is 367 g/mol. The number of aromatic nitrogens is 1. The number of nitrogens with zero attached hydrogens (tertiary/aromatic N) is 1. The van der Waals surface area contributed by atoms with Gasteiger partial charge in [-0.25, -0.2) is 4.79 Å². The van der Waals surface area contributed by atoms with Gasteiger partial charge in [-0.1, -0.05) is 78.9 Å². The lowest BCUT2D eigenvalue weighted by Gasteiger charge is -2.14. The number of para-hydroxylation sites is 1. The van der Waals surface area contributed by atoms with E-state index < -0.39 is 0 Å². The molecule has 1 aromatic heterocycles. The van der Waals surface area contributed by atoms with E-state index in [1.54, 1.807) is 0 Å². The van der Waals surface area contributed by atoms with Crippen LogP contribution in [0.15, 0.2) is 91.0 Å². The van der Waals surface area contributed by atoms with Gasteiger partial charge in [0, 0.05) is 11.3 Å². The second kappa shape index (κ2) is 7.57. The molecule has 0 spiro atoms. The van der Waals surface area contributed by atoms with E-state index in [0.29, 0.717) is 5.69 Å². The summed E-state index contributed by atoms with van der Waals surface area (Å²) in [6.45, 7) is 2.07. The number of carbonyl (C=O) groups excluding carboxylic acids is 1. The molecular weight excluding hydrogens is 346 g/mol. The third-order valence-corrected chi connectivity index (χ3v) is 4.92. The first-order valence-corrected chi connectivity index (χ1v) is 9.22. The van der Waals surface area contributed by atoms with Crippen LogP contribution in [0, 0.1) is 6.92 Å². The summed E-state index contributed by atoms with van der Waals surface area (Å²) in [5.41, 5.74) is 6.44. The zero-order chi connectivity index (χ0) is 19.5. The van der Waals surface area contributed by atoms with Crippen LogP contribution in [0.1, 0.15) is 16.1 Å². The van der Waals surface area contributed by atoms with Crippen molar-refractivity contribution < 1.29 is 9.53 Å². The molecule has 4 rings (SSSR count). The first-order chi connectivity index (χ1) is 13.7. The Morgan fingerprint density at radius 1 is 0.750 bits per heavy atom. The lowest BCUT2D eigenvalue weighted by atomic mass is 9.99. The largest absolute Gasteiger partial charge is 0.464 e. The molecule has 0 aliphatic carbocycles. The van der Waals surface area contributed by atoms with Gasteiger partial charge in [0.05, 0.1) is 12.8 Å². The Bertz CT molecular complexity index is 1100. The summed E-state index contributed by atoms with van der Waals surface area (Å²) in [7, 11) is 1.43. The van der Waals surface area contributed by atoms with Gasteiger partial charge in [-0.2, -0.15) is 0 Å². The second-order valence-corrected chi connectivity index (χ2v) is 6.59. The SMILES string of the molecule is COC(=O)c1c(-c2ccccc2)c(C)c(-c2ccccc2)n1-c1ccccc1. The Morgan fingerprint density at radius 3 is 1.79 bits per heavy atom. The Labute approximate surface area is 164 Å². The molecule has 0 saturated heterocycles. The molecule has 0 aliphatic rings. The molecule has 138 valence electrons. The number of ether oxygens (including phenoxy) is 1. The summed E-state index contributed by atoms with van der Waals surface area (Å²) >= 11 is 0. The Balaban J connectivity index is 2.14. The van der Waals surface area contributed by atoms with Crippen molar-refractivity contribution in [2.45, 2.75) is 6.92 Å². The van der Waals surface area contributed by atoms with Crippen molar-refractivity contribution in [1.29, 1.82) is 0 Å². The first-order valence-electron chi connectivity index (χ1n) is 9.22. The molecule has 0 fully saturated rings. The van der Waals surface area contributed by atoms with E-state index in [4.69, 9.17) is 4.74 Å². The predicted molar refractivity (Wildman–Crippen MR) is 113 cm³/mol. The van der Waals surface area contributed by atoms with Gasteiger partial charge in [0.15, 0.2) is 0 Å². The highest BCUT2D eigenvalue weighted by Crippen LogP contribution is 2.40. The molecule has 0 N–H and O–H groups in total. The second-order valence-electron chi connectivity index (χ2n) is 6.59. The van der Waals surface area contributed by atoms with E-state index in [9.17, 15) is 4.79 Å². The molecule has 0 amide bonds. The third-order valence-electron chi connectivity index (χ3n) is 4.92. The smallest absolute Gasteiger partial charge is 0.355 e. The van der Waals surface area contributed by atoms with Crippen LogP contribution < -0.4 is 0 Å². The fourth-order valence-corrected chi connectivity index (χ4v) is 3.71. The number of hydrogen-bond acceptors (Lipinski definition) is 2. The van der Waals surface area contributed by atoms with E-state index in [2.05, 4.69) is 19.1 Å². The first kappa shape index (κ1) is 17.8. The van der Waals surface area contributed by atoms with Crippen LogP contribution >= 0.6 is 0 Å². The maximum Gasteiger partial charge on any atom is 0.355 e. The number of esters is 1. The minimum atomic E-state index is -0.354. The van der Waals surface area contributed by atoms with Gasteiger partial charge < -0.3 is 9.30 Å². The summed E-state index contributed by atoms with van der Waals surface area (Å²) in [6, 6.07) is 30.1. The van der Waals surface area contributed by atoms with Crippen molar-refractivity contribution >= 4 is 5.97 Å². The molecule has 0 aliphatic heterocycles. The average Bonchev–Trinajstić information content (AvgIpc) is 3.08. The number of benzene rings is 3. The van der Waals surface area contributed by atoms with E-state index in [0.717, 1.165) is 33.6 Å². The van der Waals surface area contributed by atoms with Crippen molar-refractivity contribution in [3.8, 4) is 28.1 Å². The highest BCUT2D eigenvalue weighted by molar-refractivity contribution is 6.00. The van der Waals surface area contributed by atoms with Gasteiger partial charge in [0.1, 0.15) is 5.69 Å². The molecule has 0 saturated carbocycles. The lowest BCUT2D eigenvalue weighted by molar-refractivity contribution is 0.0592. The molecule has 3 aromatic carbocycles. The van der Waals surface area contributed by atoms with Gasteiger partial charge in [-0.3, -0.25) is 0 Å². The van der Waals surface area contributed by atoms with Crippen molar-refractivity contribution in [2.24, 2.45) is 0 Å². The average molecular weight is 367 g/mol. The van der Waals surface area contributed by atoms with Crippen LogP contribution in [0.4, 0.5) is 0 Å². The number of hydrogen-bond donors (Lipinski definition) is 0. The van der Waals surface area contributed by atoms with Crippen LogP contribution in [0.25, 0.3) is 28.1 Å². The molecule has 0 radical (unpaired) electrons. The lowest BCUT2D eigenvalue weighted by Crippen LogP contribution is -2.11. The zero-order valence-corrected chi connectivity index (χ0v) is 15.9. The van der Waals surface area contributed by atoms with Gasteiger partial charge in [-0.05, 0) is 35.7 Å². The Kier molecular flexibility index (Phi) is 4.81. The number of carbonyl (C=O) groups is 1. The van der Waals surface area contributed by atoms with Crippen LogP contribution in [-0.4, -0.2) is 17.6 Å². The highest BCUT2D eigenvalue weighted by Gasteiger charge is 2.28. The van der Waals surface area contributed by atoms with Gasteiger partial charge in [-0.15, -0.1) is 0 Å². The topological polar surface area (TPSA) is 31.2 Å². The predicted octanol–water partition coefficient (Wildman–Crippen LogP) is 5.91. The van der Waals surface area contributed by atoms with E-state index in [-0.39, 0.29) is 5.97 Å². The quantitative estimate of drug-likeness (QED) is 0.420. The zero-order valence-electron chi connectivity index (χ0n) is 15.9. The Hall–Kier alpha value is -3.59. The van der Waals surface area contributed by atoms with Crippen molar-refractivity contribution in [3.05, 3.63) is 102 Å². The van der Waals surface area contributed by atoms with Crippen LogP contribution in [0.2, 0.25) is 0 Å². The summed E-state index contributed by atoms with van der Waals surface area (Å²) in [4.78, 5) is 13.0. The molecule has 0 bridgehead atoms. The molecular formula is C25H21NO2. The maximum absolute atomic E-state index is 13.0. The molecule has 0 unspecified atom stereocenters.